The molecule has 7 nitrogen and oxygen atoms in total. The van der Waals surface area contributed by atoms with Crippen LogP contribution in [0.1, 0.15) is 68.4 Å². The van der Waals surface area contributed by atoms with E-state index in [1.165, 1.54) is 12.8 Å². The highest BCUT2D eigenvalue weighted by Gasteiger charge is 2.30. The second kappa shape index (κ2) is 13.1. The standard InChI is InChI=1S/C31H44N4O3/c1-5-8-26-25-9-6-7-10-27(25)33-29(26)31(37)34-28(18-13-22-11-12-22)30(36)32-21(2)23-14-16-24(17-15-23)38-20-19-35(3)4/h6-7,9-10,14,16-17,21-23,28,33H,5,8,11-13,15,18-20H2,1-4H3,(H,32,36)(H,34,37)/t21?,23?,28-/m0/s1. The van der Waals surface area contributed by atoms with Gasteiger partial charge in [0.15, 0.2) is 0 Å². The number of rotatable bonds is 14. The van der Waals surface area contributed by atoms with E-state index in [1.54, 1.807) is 0 Å². The Morgan fingerprint density at radius 2 is 1.97 bits per heavy atom. The van der Waals surface area contributed by atoms with Gasteiger partial charge in [0.1, 0.15) is 24.1 Å². The van der Waals surface area contributed by atoms with Gasteiger partial charge in [0.25, 0.3) is 5.91 Å². The largest absolute Gasteiger partial charge is 0.493 e. The molecule has 0 saturated heterocycles. The number of aryl methyl sites for hydroxylation is 1. The van der Waals surface area contributed by atoms with Crippen molar-refractivity contribution in [1.29, 1.82) is 0 Å². The van der Waals surface area contributed by atoms with Crippen LogP contribution < -0.4 is 10.6 Å². The Bertz CT molecular complexity index is 1160. The SMILES string of the molecule is CCCc1c(C(=O)N[C@@H](CCC2CC2)C(=O)NC(C)C2C=CC(OCCN(C)C)=CC2)[nH]c2ccccc12. The average molecular weight is 521 g/mol. The Kier molecular flexibility index (Phi) is 9.67. The van der Waals surface area contributed by atoms with E-state index in [0.717, 1.165) is 54.5 Å². The molecule has 38 heavy (non-hydrogen) atoms. The number of nitrogens with one attached hydrogen (secondary N) is 3. The molecule has 1 aromatic carbocycles. The molecule has 1 heterocycles. The zero-order valence-electron chi connectivity index (χ0n) is 23.4. The van der Waals surface area contributed by atoms with Crippen LogP contribution in [0.5, 0.6) is 0 Å². The summed E-state index contributed by atoms with van der Waals surface area (Å²) in [6.45, 7) is 5.67. The summed E-state index contributed by atoms with van der Waals surface area (Å²) in [5.74, 6) is 1.45. The number of benzene rings is 1. The molecule has 2 unspecified atom stereocenters. The number of allylic oxidation sites excluding steroid dienone is 2. The van der Waals surface area contributed by atoms with Gasteiger partial charge in [-0.3, -0.25) is 9.59 Å². The second-order valence-electron chi connectivity index (χ2n) is 11.1. The van der Waals surface area contributed by atoms with Gasteiger partial charge in [-0.05, 0) is 76.4 Å². The van der Waals surface area contributed by atoms with Crippen molar-refractivity contribution in [3.8, 4) is 0 Å². The fourth-order valence-corrected chi connectivity index (χ4v) is 5.08. The van der Waals surface area contributed by atoms with Crippen LogP contribution in [0.4, 0.5) is 0 Å². The van der Waals surface area contributed by atoms with Crippen molar-refractivity contribution in [2.24, 2.45) is 11.8 Å². The summed E-state index contributed by atoms with van der Waals surface area (Å²) in [5.41, 5.74) is 2.56. The number of ether oxygens (including phenoxy) is 1. The lowest BCUT2D eigenvalue weighted by Crippen LogP contribution is -2.50. The smallest absolute Gasteiger partial charge is 0.268 e. The van der Waals surface area contributed by atoms with Crippen molar-refractivity contribution >= 4 is 22.7 Å². The van der Waals surface area contributed by atoms with E-state index < -0.39 is 6.04 Å². The van der Waals surface area contributed by atoms with Crippen LogP contribution in [0.15, 0.2) is 48.3 Å². The summed E-state index contributed by atoms with van der Waals surface area (Å²) in [7, 11) is 4.05. The van der Waals surface area contributed by atoms with Crippen LogP contribution in [0, 0.1) is 11.8 Å². The molecule has 2 aromatic rings. The van der Waals surface area contributed by atoms with Crippen LogP contribution >= 0.6 is 0 Å². The fraction of sp³-hybridized carbons (Fsp3) is 0.548. The van der Waals surface area contributed by atoms with Gasteiger partial charge in [-0.1, -0.05) is 50.5 Å². The quantitative estimate of drug-likeness (QED) is 0.329. The van der Waals surface area contributed by atoms with Gasteiger partial charge < -0.3 is 25.3 Å². The number of carbonyl (C=O) groups excluding carboxylic acids is 2. The third-order valence-corrected chi connectivity index (χ3v) is 7.64. The minimum atomic E-state index is -0.556. The molecule has 0 bridgehead atoms. The maximum atomic E-state index is 13.5. The molecule has 206 valence electrons. The highest BCUT2D eigenvalue weighted by atomic mass is 16.5. The van der Waals surface area contributed by atoms with Crippen molar-refractivity contribution in [2.45, 2.75) is 70.9 Å². The molecule has 4 rings (SSSR count). The maximum absolute atomic E-state index is 13.5. The Hall–Kier alpha value is -3.06. The Balaban J connectivity index is 1.39. The summed E-state index contributed by atoms with van der Waals surface area (Å²) in [6.07, 6.45) is 12.8. The summed E-state index contributed by atoms with van der Waals surface area (Å²) < 4.78 is 5.83. The molecule has 2 amide bonds. The van der Waals surface area contributed by atoms with E-state index in [9.17, 15) is 9.59 Å². The first-order valence-electron chi connectivity index (χ1n) is 14.2. The predicted octanol–water partition coefficient (Wildman–Crippen LogP) is 4.95. The number of nitrogens with zero attached hydrogens (tertiary/aromatic N) is 1. The first kappa shape index (κ1) is 28.0. The Morgan fingerprint density at radius 1 is 1.18 bits per heavy atom. The molecule has 2 aliphatic rings. The fourth-order valence-electron chi connectivity index (χ4n) is 5.08. The number of para-hydroxylation sites is 1. The Labute approximate surface area is 227 Å². The molecule has 0 spiro atoms. The number of carbonyl (C=O) groups is 2. The van der Waals surface area contributed by atoms with Crippen LogP contribution in [0.25, 0.3) is 10.9 Å². The highest BCUT2D eigenvalue weighted by molar-refractivity contribution is 6.02. The minimum absolute atomic E-state index is 0.0534. The molecule has 1 fully saturated rings. The number of fused-ring (bicyclic) bond motifs is 1. The Morgan fingerprint density at radius 3 is 2.66 bits per heavy atom. The van der Waals surface area contributed by atoms with Crippen LogP contribution in [0.3, 0.4) is 0 Å². The van der Waals surface area contributed by atoms with Crippen molar-refractivity contribution in [1.82, 2.24) is 20.5 Å². The molecular weight excluding hydrogens is 476 g/mol. The average Bonchev–Trinajstić information content (AvgIpc) is 3.66. The number of aromatic amines is 1. The number of amides is 2. The number of hydrogen-bond acceptors (Lipinski definition) is 4. The van der Waals surface area contributed by atoms with E-state index in [0.29, 0.717) is 24.6 Å². The lowest BCUT2D eigenvalue weighted by molar-refractivity contribution is -0.124. The van der Waals surface area contributed by atoms with E-state index >= 15 is 0 Å². The molecule has 1 saturated carbocycles. The summed E-state index contributed by atoms with van der Waals surface area (Å²) in [4.78, 5) is 32.3. The third kappa shape index (κ3) is 7.50. The van der Waals surface area contributed by atoms with Crippen LogP contribution in [-0.4, -0.2) is 61.0 Å². The van der Waals surface area contributed by atoms with E-state index in [1.807, 2.05) is 45.3 Å². The van der Waals surface area contributed by atoms with Gasteiger partial charge in [-0.15, -0.1) is 0 Å². The van der Waals surface area contributed by atoms with Gasteiger partial charge >= 0.3 is 0 Å². The summed E-state index contributed by atoms with van der Waals surface area (Å²) in [5, 5.41) is 7.36. The third-order valence-electron chi connectivity index (χ3n) is 7.64. The second-order valence-corrected chi connectivity index (χ2v) is 11.1. The van der Waals surface area contributed by atoms with Gasteiger partial charge in [-0.25, -0.2) is 0 Å². The molecule has 3 N–H and O–H groups in total. The highest BCUT2D eigenvalue weighted by Crippen LogP contribution is 2.34. The molecular formula is C31H44N4O3. The topological polar surface area (TPSA) is 86.5 Å². The van der Waals surface area contributed by atoms with Gasteiger partial charge in [-0.2, -0.15) is 0 Å². The maximum Gasteiger partial charge on any atom is 0.268 e. The number of H-pyrrole nitrogens is 1. The molecule has 0 radical (unpaired) electrons. The summed E-state index contributed by atoms with van der Waals surface area (Å²) >= 11 is 0. The zero-order valence-corrected chi connectivity index (χ0v) is 23.4. The first-order valence-corrected chi connectivity index (χ1v) is 14.2. The molecule has 0 aliphatic heterocycles. The predicted molar refractivity (Wildman–Crippen MR) is 153 cm³/mol. The monoisotopic (exact) mass is 520 g/mol. The number of likely N-dealkylation sites (N-methyl/N-ethyl adjacent to an activating group) is 1. The zero-order chi connectivity index (χ0) is 27.1. The van der Waals surface area contributed by atoms with Crippen LogP contribution in [0.2, 0.25) is 0 Å². The van der Waals surface area contributed by atoms with Gasteiger partial charge in [0.05, 0.1) is 0 Å². The number of hydrogen-bond donors (Lipinski definition) is 3. The lowest BCUT2D eigenvalue weighted by Gasteiger charge is -2.27. The van der Waals surface area contributed by atoms with Crippen molar-refractivity contribution in [3.05, 3.63) is 59.5 Å². The summed E-state index contributed by atoms with van der Waals surface area (Å²) in [6, 6.07) is 7.41. The number of aromatic nitrogens is 1. The molecule has 1 aromatic heterocycles. The molecule has 3 atom stereocenters. The van der Waals surface area contributed by atoms with Crippen molar-refractivity contribution in [3.63, 3.8) is 0 Å². The molecule has 7 heteroatoms. The minimum Gasteiger partial charge on any atom is -0.493 e. The first-order chi connectivity index (χ1) is 18.4. The lowest BCUT2D eigenvalue weighted by atomic mass is 9.93. The van der Waals surface area contributed by atoms with E-state index in [4.69, 9.17) is 4.74 Å². The molecule has 2 aliphatic carbocycles. The van der Waals surface area contributed by atoms with E-state index in [-0.39, 0.29) is 23.8 Å². The van der Waals surface area contributed by atoms with E-state index in [2.05, 4.69) is 45.7 Å². The van der Waals surface area contributed by atoms with Crippen molar-refractivity contribution in [2.75, 3.05) is 27.2 Å². The van der Waals surface area contributed by atoms with Crippen LogP contribution in [-0.2, 0) is 16.0 Å². The van der Waals surface area contributed by atoms with Crippen molar-refractivity contribution < 1.29 is 14.3 Å². The van der Waals surface area contributed by atoms with Gasteiger partial charge in [0, 0.05) is 29.4 Å². The van der Waals surface area contributed by atoms with Gasteiger partial charge in [0.2, 0.25) is 5.91 Å². The normalized spacial score (nSPS) is 18.8.